The number of amidine groups is 1. The molecule has 2 heterocycles. The second kappa shape index (κ2) is 7.30. The first-order valence-electron chi connectivity index (χ1n) is 7.35. The molecule has 0 radical (unpaired) electrons. The third-order valence-corrected chi connectivity index (χ3v) is 4.36. The van der Waals surface area contributed by atoms with E-state index in [0.717, 1.165) is 23.1 Å². The molecule has 0 saturated carbocycles. The van der Waals surface area contributed by atoms with Gasteiger partial charge in [0.2, 0.25) is 0 Å². The molecule has 0 unspecified atom stereocenters. The third-order valence-electron chi connectivity index (χ3n) is 3.33. The molecule has 2 rings (SSSR count). The van der Waals surface area contributed by atoms with Crippen LogP contribution in [0.3, 0.4) is 0 Å². The summed E-state index contributed by atoms with van der Waals surface area (Å²) in [7, 11) is 3.36. The average Bonchev–Trinajstić information content (AvgIpc) is 2.83. The first-order valence-corrected chi connectivity index (χ1v) is 8.34. The Balaban J connectivity index is 2.59. The molecule has 0 aliphatic carbocycles. The van der Waals surface area contributed by atoms with Gasteiger partial charge in [-0.3, -0.25) is 0 Å². The van der Waals surface area contributed by atoms with E-state index < -0.39 is 11.7 Å². The molecule has 0 aromatic carbocycles. The van der Waals surface area contributed by atoms with E-state index in [1.165, 1.54) is 12.1 Å². The van der Waals surface area contributed by atoms with E-state index >= 15 is 0 Å². The van der Waals surface area contributed by atoms with Gasteiger partial charge in [0.15, 0.2) is 5.84 Å². The zero-order valence-corrected chi connectivity index (χ0v) is 14.9. The molecule has 9 heteroatoms. The van der Waals surface area contributed by atoms with E-state index in [1.54, 1.807) is 17.8 Å². The molecule has 0 fully saturated rings. The quantitative estimate of drug-likeness (QED) is 0.757. The maximum absolute atomic E-state index is 12.9. The van der Waals surface area contributed by atoms with Gasteiger partial charge < -0.3 is 4.57 Å². The fraction of sp³-hybridized carbons (Fsp3) is 0.312. The minimum absolute atomic E-state index is 0.0291. The standard InChI is InChI=1S/C16H18F3N5S/c1-6-12-22-13(15(23(12)4)25-7-2)14-21-10(3)8-11(16(17,18)19)9-20-24(14)5/h6,8-9H,1,3,7H2,2,4-5H3/b11-8+,20-9-,21-14-. The molecule has 0 N–H and O–H groups in total. The van der Waals surface area contributed by atoms with Gasteiger partial charge in [0.1, 0.15) is 16.5 Å². The summed E-state index contributed by atoms with van der Waals surface area (Å²) in [5.41, 5.74) is -0.421. The van der Waals surface area contributed by atoms with Crippen LogP contribution >= 0.6 is 11.8 Å². The van der Waals surface area contributed by atoms with Gasteiger partial charge in [-0.15, -0.1) is 11.8 Å². The van der Waals surface area contributed by atoms with Crippen LogP contribution in [-0.4, -0.2) is 45.6 Å². The number of thioether (sulfide) groups is 1. The van der Waals surface area contributed by atoms with Gasteiger partial charge in [-0.2, -0.15) is 18.3 Å². The highest BCUT2D eigenvalue weighted by Gasteiger charge is 2.33. The lowest BCUT2D eigenvalue weighted by atomic mass is 10.2. The Kier molecular flexibility index (Phi) is 5.56. The van der Waals surface area contributed by atoms with E-state index in [4.69, 9.17) is 0 Å². The van der Waals surface area contributed by atoms with Crippen molar-refractivity contribution in [3.63, 3.8) is 0 Å². The van der Waals surface area contributed by atoms with Crippen LogP contribution in [0.4, 0.5) is 13.2 Å². The number of alkyl halides is 3. The number of aromatic nitrogens is 2. The number of hydrazone groups is 1. The van der Waals surface area contributed by atoms with Crippen molar-refractivity contribution in [1.82, 2.24) is 14.6 Å². The van der Waals surface area contributed by atoms with Crippen molar-refractivity contribution in [2.75, 3.05) is 12.8 Å². The van der Waals surface area contributed by atoms with Crippen LogP contribution in [0, 0.1) is 0 Å². The highest BCUT2D eigenvalue weighted by molar-refractivity contribution is 7.99. The minimum atomic E-state index is -4.52. The van der Waals surface area contributed by atoms with Gasteiger partial charge in [0.25, 0.3) is 0 Å². The summed E-state index contributed by atoms with van der Waals surface area (Å²) in [6, 6.07) is 0. The fourth-order valence-corrected chi connectivity index (χ4v) is 2.99. The molecule has 1 aliphatic heterocycles. The summed E-state index contributed by atoms with van der Waals surface area (Å²) in [5, 5.41) is 5.94. The number of hydrogen-bond acceptors (Lipinski definition) is 5. The SMILES string of the molecule is C=Cc1nc(/C2=N/C(=C)/C=C(C(F)(F)F)\C=N/N2C)c(SCC)n1C. The zero-order chi connectivity index (χ0) is 18.8. The number of halogens is 3. The Hall–Kier alpha value is -2.29. The van der Waals surface area contributed by atoms with Gasteiger partial charge in [0, 0.05) is 14.1 Å². The maximum Gasteiger partial charge on any atom is 0.418 e. The van der Waals surface area contributed by atoms with E-state index in [0.29, 0.717) is 17.4 Å². The van der Waals surface area contributed by atoms with Crippen molar-refractivity contribution >= 4 is 29.9 Å². The molecule has 5 nitrogen and oxygen atoms in total. The molecule has 25 heavy (non-hydrogen) atoms. The molecule has 1 aromatic rings. The molecule has 0 atom stereocenters. The smallest absolute Gasteiger partial charge is 0.322 e. The molecule has 0 spiro atoms. The molecule has 0 bridgehead atoms. The number of rotatable bonds is 4. The average molecular weight is 369 g/mol. The maximum atomic E-state index is 12.9. The second-order valence-corrected chi connectivity index (χ2v) is 6.37. The van der Waals surface area contributed by atoms with Crippen LogP contribution in [-0.2, 0) is 7.05 Å². The van der Waals surface area contributed by atoms with E-state index in [-0.39, 0.29) is 5.70 Å². The summed E-state index contributed by atoms with van der Waals surface area (Å²) in [6.45, 7) is 9.32. The summed E-state index contributed by atoms with van der Waals surface area (Å²) < 4.78 is 40.7. The fourth-order valence-electron chi connectivity index (χ4n) is 2.15. The highest BCUT2D eigenvalue weighted by Crippen LogP contribution is 2.29. The first-order chi connectivity index (χ1) is 11.7. The summed E-state index contributed by atoms with van der Waals surface area (Å²) in [4.78, 5) is 8.71. The second-order valence-electron chi connectivity index (χ2n) is 5.11. The van der Waals surface area contributed by atoms with Crippen molar-refractivity contribution in [3.05, 3.63) is 42.0 Å². The number of nitrogens with zero attached hydrogens (tertiary/aromatic N) is 5. The topological polar surface area (TPSA) is 45.8 Å². The highest BCUT2D eigenvalue weighted by atomic mass is 32.2. The lowest BCUT2D eigenvalue weighted by Gasteiger charge is -2.18. The first kappa shape index (κ1) is 19.0. The van der Waals surface area contributed by atoms with Crippen molar-refractivity contribution in [2.24, 2.45) is 17.1 Å². The van der Waals surface area contributed by atoms with Crippen LogP contribution in [0.1, 0.15) is 18.4 Å². The van der Waals surface area contributed by atoms with Crippen LogP contribution in [0.25, 0.3) is 6.08 Å². The number of imidazole rings is 1. The lowest BCUT2D eigenvalue weighted by Crippen LogP contribution is -2.26. The summed E-state index contributed by atoms with van der Waals surface area (Å²) in [6.07, 6.45) is -1.30. The molecule has 0 saturated heterocycles. The van der Waals surface area contributed by atoms with Gasteiger partial charge in [-0.25, -0.2) is 15.0 Å². The summed E-state index contributed by atoms with van der Waals surface area (Å²) >= 11 is 1.55. The largest absolute Gasteiger partial charge is 0.418 e. The Morgan fingerprint density at radius 3 is 2.56 bits per heavy atom. The minimum Gasteiger partial charge on any atom is -0.322 e. The molecule has 1 aliphatic rings. The van der Waals surface area contributed by atoms with E-state index in [1.807, 2.05) is 18.5 Å². The molecule has 134 valence electrons. The van der Waals surface area contributed by atoms with Crippen LogP contribution in [0.15, 0.2) is 45.6 Å². The van der Waals surface area contributed by atoms with Crippen molar-refractivity contribution in [2.45, 2.75) is 18.1 Å². The Morgan fingerprint density at radius 1 is 1.32 bits per heavy atom. The Morgan fingerprint density at radius 2 is 2.00 bits per heavy atom. The normalized spacial score (nSPS) is 21.0. The summed E-state index contributed by atoms with van der Waals surface area (Å²) in [5.74, 6) is 1.74. The zero-order valence-electron chi connectivity index (χ0n) is 14.1. The van der Waals surface area contributed by atoms with Gasteiger partial charge in [0.05, 0.1) is 17.5 Å². The number of aliphatic imine (C=N–C) groups is 1. The van der Waals surface area contributed by atoms with E-state index in [2.05, 4.69) is 28.2 Å². The third kappa shape index (κ3) is 4.04. The molecule has 0 amide bonds. The van der Waals surface area contributed by atoms with Crippen LogP contribution in [0.5, 0.6) is 0 Å². The number of hydrogen-bond donors (Lipinski definition) is 0. The monoisotopic (exact) mass is 369 g/mol. The predicted octanol–water partition coefficient (Wildman–Crippen LogP) is 3.86. The van der Waals surface area contributed by atoms with Crippen molar-refractivity contribution < 1.29 is 13.2 Å². The van der Waals surface area contributed by atoms with Crippen molar-refractivity contribution in [1.29, 1.82) is 0 Å². The number of allylic oxidation sites excluding steroid dienone is 2. The Bertz CT molecular complexity index is 786. The van der Waals surface area contributed by atoms with Crippen molar-refractivity contribution in [3.8, 4) is 0 Å². The van der Waals surface area contributed by atoms with Gasteiger partial charge in [-0.1, -0.05) is 20.1 Å². The molecular weight excluding hydrogens is 351 g/mol. The predicted molar refractivity (Wildman–Crippen MR) is 95.8 cm³/mol. The van der Waals surface area contributed by atoms with Crippen LogP contribution in [0.2, 0.25) is 0 Å². The molecular formula is C16H18F3N5S. The Labute approximate surface area is 148 Å². The van der Waals surface area contributed by atoms with E-state index in [9.17, 15) is 13.2 Å². The van der Waals surface area contributed by atoms with Gasteiger partial charge >= 0.3 is 6.18 Å². The van der Waals surface area contributed by atoms with Gasteiger partial charge in [-0.05, 0) is 17.9 Å². The van der Waals surface area contributed by atoms with Crippen LogP contribution < -0.4 is 0 Å². The lowest BCUT2D eigenvalue weighted by molar-refractivity contribution is -0.0857. The molecule has 1 aromatic heterocycles.